The average Bonchev–Trinajstić information content (AvgIpc) is 2.85. The number of rotatable bonds is 2. The molecular formula is C16H19N7O2. The largest absolute Gasteiger partial charge is 0.368 e. The summed E-state index contributed by atoms with van der Waals surface area (Å²) in [5.41, 5.74) is 6.15. The van der Waals surface area contributed by atoms with E-state index >= 15 is 0 Å². The van der Waals surface area contributed by atoms with E-state index in [1.54, 1.807) is 10.6 Å². The lowest BCUT2D eigenvalue weighted by Crippen LogP contribution is -2.48. The maximum Gasteiger partial charge on any atom is 0.276 e. The van der Waals surface area contributed by atoms with Crippen LogP contribution in [0.2, 0.25) is 0 Å². The Morgan fingerprint density at radius 2 is 2.00 bits per heavy atom. The summed E-state index contributed by atoms with van der Waals surface area (Å²) in [6.07, 6.45) is 5.86. The normalized spacial score (nSPS) is 18.0. The number of hydrogen-bond donors (Lipinski definition) is 3. The van der Waals surface area contributed by atoms with E-state index in [-0.39, 0.29) is 23.4 Å². The zero-order valence-corrected chi connectivity index (χ0v) is 13.9. The molecule has 1 amide bonds. The van der Waals surface area contributed by atoms with Crippen molar-refractivity contribution in [1.29, 1.82) is 0 Å². The summed E-state index contributed by atoms with van der Waals surface area (Å²) >= 11 is 0. The highest BCUT2D eigenvalue weighted by atomic mass is 16.2. The second-order valence-electron chi connectivity index (χ2n) is 6.57. The third kappa shape index (κ3) is 2.43. The van der Waals surface area contributed by atoms with Gasteiger partial charge in [0.1, 0.15) is 23.4 Å². The monoisotopic (exact) mass is 341 g/mol. The Morgan fingerprint density at radius 1 is 1.24 bits per heavy atom. The molecule has 0 aromatic carbocycles. The first-order chi connectivity index (χ1) is 12.0. The van der Waals surface area contributed by atoms with Crippen LogP contribution in [0, 0.1) is 6.92 Å². The molecule has 4 rings (SSSR count). The summed E-state index contributed by atoms with van der Waals surface area (Å²) < 4.78 is 1.62. The number of nitrogens with two attached hydrogens (primary N) is 1. The van der Waals surface area contributed by atoms with Crippen molar-refractivity contribution in [2.24, 2.45) is 0 Å². The molecule has 0 atom stereocenters. The van der Waals surface area contributed by atoms with Gasteiger partial charge in [-0.05, 0) is 44.2 Å². The molecule has 0 radical (unpaired) electrons. The minimum Gasteiger partial charge on any atom is -0.368 e. The number of carbonyl (C=O) groups excluding carboxylic acids is 1. The Hall–Kier alpha value is -2.97. The number of fused-ring (bicyclic) bond motifs is 2. The summed E-state index contributed by atoms with van der Waals surface area (Å²) in [6, 6.07) is 1.65. The highest BCUT2D eigenvalue weighted by Crippen LogP contribution is 2.37. The van der Waals surface area contributed by atoms with Crippen LogP contribution >= 0.6 is 0 Å². The maximum atomic E-state index is 13.1. The van der Waals surface area contributed by atoms with Crippen molar-refractivity contribution in [2.45, 2.75) is 44.7 Å². The predicted octanol–water partition coefficient (Wildman–Crippen LogP) is 1.03. The van der Waals surface area contributed by atoms with Gasteiger partial charge in [-0.25, -0.2) is 9.97 Å². The molecule has 4 N–H and O–H groups in total. The summed E-state index contributed by atoms with van der Waals surface area (Å²) in [5.74, 6) is 0.0723. The SMILES string of the molecule is Cc1cc(Nc2ncnc(N)n2)c(=O)n2c1C(=O)NC21CCCCC1. The van der Waals surface area contributed by atoms with Gasteiger partial charge >= 0.3 is 0 Å². The summed E-state index contributed by atoms with van der Waals surface area (Å²) in [6.45, 7) is 1.82. The maximum absolute atomic E-state index is 13.1. The molecule has 2 aromatic rings. The lowest BCUT2D eigenvalue weighted by atomic mass is 9.89. The molecular weight excluding hydrogens is 322 g/mol. The second-order valence-corrected chi connectivity index (χ2v) is 6.57. The van der Waals surface area contributed by atoms with Gasteiger partial charge in [0.2, 0.25) is 11.9 Å². The molecule has 0 saturated heterocycles. The van der Waals surface area contributed by atoms with Gasteiger partial charge in [-0.15, -0.1) is 0 Å². The fraction of sp³-hybridized carbons (Fsp3) is 0.438. The third-order valence-electron chi connectivity index (χ3n) is 4.90. The number of aromatic nitrogens is 4. The van der Waals surface area contributed by atoms with Crippen LogP contribution in [0.15, 0.2) is 17.2 Å². The molecule has 3 heterocycles. The van der Waals surface area contributed by atoms with E-state index in [4.69, 9.17) is 5.73 Å². The molecule has 2 aromatic heterocycles. The zero-order valence-electron chi connectivity index (χ0n) is 13.9. The Kier molecular flexibility index (Phi) is 3.45. The Labute approximate surface area is 143 Å². The summed E-state index contributed by atoms with van der Waals surface area (Å²) in [4.78, 5) is 37.3. The van der Waals surface area contributed by atoms with E-state index in [2.05, 4.69) is 25.6 Å². The van der Waals surface area contributed by atoms with E-state index in [1.165, 1.54) is 6.33 Å². The number of nitrogen functional groups attached to an aromatic ring is 1. The van der Waals surface area contributed by atoms with Crippen molar-refractivity contribution >= 4 is 23.5 Å². The van der Waals surface area contributed by atoms with Gasteiger partial charge in [0.25, 0.3) is 11.5 Å². The fourth-order valence-electron chi connectivity index (χ4n) is 3.82. The van der Waals surface area contributed by atoms with Crippen molar-refractivity contribution < 1.29 is 4.79 Å². The van der Waals surface area contributed by atoms with Gasteiger partial charge in [0, 0.05) is 0 Å². The third-order valence-corrected chi connectivity index (χ3v) is 4.90. The molecule has 0 unspecified atom stereocenters. The average molecular weight is 341 g/mol. The Morgan fingerprint density at radius 3 is 2.72 bits per heavy atom. The number of hydrogen-bond acceptors (Lipinski definition) is 7. The molecule has 2 aliphatic rings. The van der Waals surface area contributed by atoms with Crippen LogP contribution < -0.4 is 21.9 Å². The minimum absolute atomic E-state index is 0.0658. The molecule has 0 bridgehead atoms. The lowest BCUT2D eigenvalue weighted by Gasteiger charge is -2.35. The number of amides is 1. The first-order valence-electron chi connectivity index (χ1n) is 8.31. The highest BCUT2D eigenvalue weighted by molar-refractivity contribution is 5.97. The zero-order chi connectivity index (χ0) is 17.6. The van der Waals surface area contributed by atoms with E-state index in [0.29, 0.717) is 11.4 Å². The standard InChI is InChI=1S/C16H19N7O2/c1-9-7-10(20-15-19-8-18-14(17)21-15)13(25)23-11(9)12(24)22-16(23)5-3-2-4-6-16/h7-8H,2-6H2,1H3,(H,22,24)(H3,17,18,19,20,21). The van der Waals surface area contributed by atoms with E-state index < -0.39 is 5.66 Å². The van der Waals surface area contributed by atoms with Crippen molar-refractivity contribution in [3.05, 3.63) is 34.0 Å². The van der Waals surface area contributed by atoms with Crippen molar-refractivity contribution in [3.8, 4) is 0 Å². The number of nitrogens with zero attached hydrogens (tertiary/aromatic N) is 4. The van der Waals surface area contributed by atoms with Gasteiger partial charge in [0.15, 0.2) is 0 Å². The van der Waals surface area contributed by atoms with Crippen LogP contribution in [0.4, 0.5) is 17.6 Å². The number of nitrogens with one attached hydrogen (secondary N) is 2. The van der Waals surface area contributed by atoms with Crippen molar-refractivity contribution in [3.63, 3.8) is 0 Å². The quantitative estimate of drug-likeness (QED) is 0.744. The lowest BCUT2D eigenvalue weighted by molar-refractivity contribution is 0.0876. The van der Waals surface area contributed by atoms with Crippen molar-refractivity contribution in [2.75, 3.05) is 11.1 Å². The number of pyridine rings is 1. The predicted molar refractivity (Wildman–Crippen MR) is 91.5 cm³/mol. The molecule has 1 saturated carbocycles. The smallest absolute Gasteiger partial charge is 0.276 e. The van der Waals surface area contributed by atoms with Gasteiger partial charge in [-0.1, -0.05) is 6.42 Å². The number of carbonyl (C=O) groups is 1. The molecule has 130 valence electrons. The number of aryl methyl sites for hydroxylation is 1. The first kappa shape index (κ1) is 15.6. The topological polar surface area (TPSA) is 128 Å². The van der Waals surface area contributed by atoms with Gasteiger partial charge in [-0.2, -0.15) is 4.98 Å². The highest BCUT2D eigenvalue weighted by Gasteiger charge is 2.45. The fourth-order valence-corrected chi connectivity index (χ4v) is 3.82. The number of anilines is 3. The van der Waals surface area contributed by atoms with Crippen molar-refractivity contribution in [1.82, 2.24) is 24.8 Å². The van der Waals surface area contributed by atoms with Crippen LogP contribution in [0.5, 0.6) is 0 Å². The van der Waals surface area contributed by atoms with Crippen LogP contribution in [0.1, 0.15) is 48.2 Å². The second kappa shape index (κ2) is 5.54. The molecule has 9 nitrogen and oxygen atoms in total. The summed E-state index contributed by atoms with van der Waals surface area (Å²) in [5, 5.41) is 5.96. The molecule has 9 heteroatoms. The van der Waals surface area contributed by atoms with Crippen LogP contribution in [-0.4, -0.2) is 25.4 Å². The molecule has 1 aliphatic carbocycles. The van der Waals surface area contributed by atoms with Crippen LogP contribution in [0.3, 0.4) is 0 Å². The Bertz CT molecular complexity index is 915. The first-order valence-corrected chi connectivity index (χ1v) is 8.31. The molecule has 1 aliphatic heterocycles. The van der Waals surface area contributed by atoms with E-state index in [1.807, 2.05) is 6.92 Å². The minimum atomic E-state index is -0.623. The van der Waals surface area contributed by atoms with Gasteiger partial charge in [-0.3, -0.25) is 14.2 Å². The van der Waals surface area contributed by atoms with E-state index in [9.17, 15) is 9.59 Å². The molecule has 1 fully saturated rings. The molecule has 1 spiro atoms. The van der Waals surface area contributed by atoms with Crippen LogP contribution in [0.25, 0.3) is 0 Å². The molecule has 25 heavy (non-hydrogen) atoms. The van der Waals surface area contributed by atoms with Crippen LogP contribution in [-0.2, 0) is 5.66 Å². The van der Waals surface area contributed by atoms with Gasteiger partial charge < -0.3 is 16.4 Å². The summed E-state index contributed by atoms with van der Waals surface area (Å²) in [7, 11) is 0. The Balaban J connectivity index is 1.84. The van der Waals surface area contributed by atoms with E-state index in [0.717, 1.165) is 37.7 Å². The van der Waals surface area contributed by atoms with Gasteiger partial charge in [0.05, 0.1) is 0 Å².